The van der Waals surface area contributed by atoms with Crippen LogP contribution in [-0.2, 0) is 0 Å². The number of hydrogen-bond donors (Lipinski definition) is 0. The minimum Gasteiger partial charge on any atom is -0.406 e. The third-order valence-corrected chi connectivity index (χ3v) is 5.33. The number of allylic oxidation sites excluding steroid dienone is 1. The van der Waals surface area contributed by atoms with Crippen molar-refractivity contribution < 1.29 is 17.9 Å². The van der Waals surface area contributed by atoms with Gasteiger partial charge in [0.25, 0.3) is 0 Å². The van der Waals surface area contributed by atoms with Crippen molar-refractivity contribution in [3.63, 3.8) is 0 Å². The molecule has 3 aromatic rings. The fourth-order valence-corrected chi connectivity index (χ4v) is 3.77. The van der Waals surface area contributed by atoms with Crippen LogP contribution in [-0.4, -0.2) is 27.3 Å². The van der Waals surface area contributed by atoms with E-state index < -0.39 is 6.36 Å². The van der Waals surface area contributed by atoms with Gasteiger partial charge in [-0.1, -0.05) is 12.5 Å². The molecule has 29 heavy (non-hydrogen) atoms. The van der Waals surface area contributed by atoms with Crippen LogP contribution in [0.1, 0.15) is 42.9 Å². The van der Waals surface area contributed by atoms with E-state index in [1.807, 2.05) is 12.3 Å². The molecule has 0 amide bonds. The van der Waals surface area contributed by atoms with Crippen molar-refractivity contribution in [2.45, 2.75) is 38.0 Å². The summed E-state index contributed by atoms with van der Waals surface area (Å²) in [5, 5.41) is 5.80. The predicted octanol–water partition coefficient (Wildman–Crippen LogP) is 5.40. The number of hydrogen-bond acceptors (Lipinski definition) is 4. The average molecular weight is 398 g/mol. The van der Waals surface area contributed by atoms with Gasteiger partial charge in [0, 0.05) is 30.3 Å². The number of rotatable bonds is 4. The van der Waals surface area contributed by atoms with Gasteiger partial charge in [-0.25, -0.2) is 9.67 Å². The molecule has 0 saturated heterocycles. The Morgan fingerprint density at radius 1 is 1.07 bits per heavy atom. The second-order valence-electron chi connectivity index (χ2n) is 7.16. The smallest absolute Gasteiger partial charge is 0.406 e. The summed E-state index contributed by atoms with van der Waals surface area (Å²) in [6.45, 7) is 0. The Balaban J connectivity index is 1.63. The summed E-state index contributed by atoms with van der Waals surface area (Å²) in [4.78, 5) is 9.02. The van der Waals surface area contributed by atoms with Gasteiger partial charge in [0.1, 0.15) is 5.75 Å². The molecule has 0 radical (unpaired) electrons. The Morgan fingerprint density at radius 2 is 1.86 bits per heavy atom. The lowest BCUT2D eigenvalue weighted by molar-refractivity contribution is -0.274. The van der Waals surface area contributed by atoms with Gasteiger partial charge in [0.2, 0.25) is 0 Å². The summed E-state index contributed by atoms with van der Waals surface area (Å²) in [5.74, 6) is 0.0940. The molecular formula is C21H17F3N4O. The molecule has 5 nitrogen and oxygen atoms in total. The van der Waals surface area contributed by atoms with Crippen molar-refractivity contribution in [2.75, 3.05) is 0 Å². The van der Waals surface area contributed by atoms with Gasteiger partial charge in [-0.3, -0.25) is 4.99 Å². The number of nitrogens with zero attached hydrogens (tertiary/aromatic N) is 4. The van der Waals surface area contributed by atoms with E-state index in [0.29, 0.717) is 17.3 Å². The highest BCUT2D eigenvalue weighted by molar-refractivity contribution is 5.95. The fourth-order valence-electron chi connectivity index (χ4n) is 3.77. The van der Waals surface area contributed by atoms with Crippen LogP contribution < -0.4 is 4.74 Å². The molecule has 1 fully saturated rings. The van der Waals surface area contributed by atoms with Crippen molar-refractivity contribution in [3.8, 4) is 11.4 Å². The summed E-state index contributed by atoms with van der Waals surface area (Å²) in [5.41, 5.74) is 4.19. The first-order valence-electron chi connectivity index (χ1n) is 9.46. The number of aliphatic imine (C=N–C) groups is 1. The van der Waals surface area contributed by atoms with Gasteiger partial charge >= 0.3 is 6.36 Å². The van der Waals surface area contributed by atoms with Crippen LogP contribution in [0.4, 0.5) is 13.2 Å². The Morgan fingerprint density at radius 3 is 2.48 bits per heavy atom. The maximum Gasteiger partial charge on any atom is 0.573 e. The van der Waals surface area contributed by atoms with Gasteiger partial charge in [-0.05, 0) is 43.2 Å². The monoisotopic (exact) mass is 398 g/mol. The van der Waals surface area contributed by atoms with Crippen LogP contribution in [0.25, 0.3) is 22.4 Å². The molecule has 148 valence electrons. The second kappa shape index (κ2) is 6.72. The van der Waals surface area contributed by atoms with Gasteiger partial charge in [0.05, 0.1) is 22.5 Å². The van der Waals surface area contributed by atoms with Crippen molar-refractivity contribution in [1.29, 1.82) is 0 Å². The molecule has 1 aromatic carbocycles. The molecule has 0 atom stereocenters. The van der Waals surface area contributed by atoms with Crippen molar-refractivity contribution >= 4 is 22.9 Å². The van der Waals surface area contributed by atoms with Crippen molar-refractivity contribution in [1.82, 2.24) is 14.8 Å². The van der Waals surface area contributed by atoms with E-state index in [-0.39, 0.29) is 5.75 Å². The number of aromatic nitrogens is 3. The molecular weight excluding hydrogens is 381 g/mol. The molecule has 0 unspecified atom stereocenters. The minimum atomic E-state index is -4.72. The number of halogens is 3. The second-order valence-corrected chi connectivity index (χ2v) is 7.16. The van der Waals surface area contributed by atoms with Crippen LogP contribution >= 0.6 is 0 Å². The molecule has 5 rings (SSSR count). The molecule has 8 heteroatoms. The van der Waals surface area contributed by atoms with Crippen molar-refractivity contribution in [3.05, 3.63) is 53.9 Å². The molecule has 3 heterocycles. The lowest BCUT2D eigenvalue weighted by Crippen LogP contribution is -2.17. The highest BCUT2D eigenvalue weighted by Crippen LogP contribution is 2.42. The van der Waals surface area contributed by atoms with Crippen LogP contribution in [0.5, 0.6) is 5.75 Å². The van der Waals surface area contributed by atoms with Crippen LogP contribution in [0.15, 0.2) is 47.6 Å². The number of fused-ring (bicyclic) bond motifs is 1. The Bertz CT molecular complexity index is 1130. The third-order valence-electron chi connectivity index (χ3n) is 5.33. The number of ether oxygens (including phenoxy) is 1. The van der Waals surface area contributed by atoms with Crippen LogP contribution in [0.2, 0.25) is 0 Å². The van der Waals surface area contributed by atoms with Gasteiger partial charge in [-0.15, -0.1) is 13.2 Å². The highest BCUT2D eigenvalue weighted by atomic mass is 19.4. The summed E-state index contributed by atoms with van der Waals surface area (Å²) in [6.07, 6.45) is 5.04. The zero-order valence-corrected chi connectivity index (χ0v) is 15.4. The van der Waals surface area contributed by atoms with Gasteiger partial charge in [-0.2, -0.15) is 5.10 Å². The Hall–Kier alpha value is -3.16. The zero-order valence-electron chi connectivity index (χ0n) is 15.4. The van der Waals surface area contributed by atoms with Crippen LogP contribution in [0, 0.1) is 0 Å². The predicted molar refractivity (Wildman–Crippen MR) is 103 cm³/mol. The highest BCUT2D eigenvalue weighted by Gasteiger charge is 2.31. The molecule has 2 aliphatic rings. The zero-order chi connectivity index (χ0) is 20.0. The molecule has 0 spiro atoms. The Labute approximate surface area is 164 Å². The minimum absolute atomic E-state index is 0.268. The van der Waals surface area contributed by atoms with Crippen LogP contribution in [0.3, 0.4) is 0 Å². The molecule has 0 N–H and O–H groups in total. The molecule has 0 bridgehead atoms. The summed E-state index contributed by atoms with van der Waals surface area (Å²) < 4.78 is 43.0. The summed E-state index contributed by atoms with van der Waals surface area (Å²) in [6, 6.07) is 7.63. The lowest BCUT2D eigenvalue weighted by atomic mass is 9.81. The van der Waals surface area contributed by atoms with E-state index in [1.54, 1.807) is 23.0 Å². The van der Waals surface area contributed by atoms with E-state index in [1.165, 1.54) is 18.6 Å². The van der Waals surface area contributed by atoms with E-state index in [2.05, 4.69) is 20.8 Å². The molecule has 2 aromatic heterocycles. The molecule has 1 aliphatic heterocycles. The first kappa shape index (κ1) is 17.9. The summed E-state index contributed by atoms with van der Waals surface area (Å²) >= 11 is 0. The standard InChI is InChI=1S/C21H17F3N4O/c22-21(23,24)29-15-8-6-14(7-9-15)28-20-18(19(27-28)13-3-1-4-13)16(10-12-26-20)17-5-2-11-25-17/h5-13H,1-4H2. The lowest BCUT2D eigenvalue weighted by Gasteiger charge is -2.24. The maximum atomic E-state index is 12.4. The van der Waals surface area contributed by atoms with Gasteiger partial charge < -0.3 is 4.74 Å². The maximum absolute atomic E-state index is 12.4. The number of alkyl halides is 3. The fraction of sp³-hybridized carbons (Fsp3) is 0.286. The van der Waals surface area contributed by atoms with E-state index in [0.717, 1.165) is 41.6 Å². The van der Waals surface area contributed by atoms with E-state index in [9.17, 15) is 13.2 Å². The van der Waals surface area contributed by atoms with Gasteiger partial charge in [0.15, 0.2) is 5.65 Å². The topological polar surface area (TPSA) is 52.3 Å². The van der Waals surface area contributed by atoms with E-state index >= 15 is 0 Å². The molecule has 1 aliphatic carbocycles. The first-order valence-corrected chi connectivity index (χ1v) is 9.46. The van der Waals surface area contributed by atoms with Crippen molar-refractivity contribution in [2.24, 2.45) is 4.99 Å². The third kappa shape index (κ3) is 3.28. The quantitative estimate of drug-likeness (QED) is 0.591. The first-order chi connectivity index (χ1) is 14.0. The number of benzene rings is 1. The average Bonchev–Trinajstić information content (AvgIpc) is 3.28. The molecule has 1 saturated carbocycles. The van der Waals surface area contributed by atoms with E-state index in [4.69, 9.17) is 5.10 Å². The Kier molecular flexibility index (Phi) is 4.15. The largest absolute Gasteiger partial charge is 0.573 e. The number of pyridine rings is 1. The normalized spacial score (nSPS) is 16.9. The summed E-state index contributed by atoms with van der Waals surface area (Å²) in [7, 11) is 0. The SMILES string of the molecule is FC(F)(F)Oc1ccc(-n2nc(C3CCC3)c3c(C4=CCC=N4)ccnc32)cc1.